The van der Waals surface area contributed by atoms with Gasteiger partial charge in [0, 0.05) is 22.5 Å². The average molecular weight is 317 g/mol. The molecule has 4 aromatic rings. The standard InChI is InChI=1S/C20H15NO3/c21-14-6-8-16-17-9-7-15(23-12-13-4-2-1-3-5-13)11-19(17)24-20(22)18(16)10-14/h1-11H,12,21H2. The molecule has 24 heavy (non-hydrogen) atoms. The SMILES string of the molecule is Nc1ccc2c(c1)c(=O)oc1cc(OCc3ccccc3)ccc12. The van der Waals surface area contributed by atoms with E-state index in [1.807, 2.05) is 48.5 Å². The van der Waals surface area contributed by atoms with Crippen LogP contribution in [0.2, 0.25) is 0 Å². The molecule has 0 spiro atoms. The maximum absolute atomic E-state index is 12.2. The molecule has 3 aromatic carbocycles. The Morgan fingerprint density at radius 2 is 1.67 bits per heavy atom. The lowest BCUT2D eigenvalue weighted by molar-refractivity contribution is 0.306. The third kappa shape index (κ3) is 2.58. The van der Waals surface area contributed by atoms with Gasteiger partial charge in [-0.2, -0.15) is 0 Å². The maximum Gasteiger partial charge on any atom is 0.344 e. The number of fused-ring (bicyclic) bond motifs is 3. The normalized spacial score (nSPS) is 11.0. The topological polar surface area (TPSA) is 65.5 Å². The van der Waals surface area contributed by atoms with Crippen molar-refractivity contribution in [2.75, 3.05) is 5.73 Å². The van der Waals surface area contributed by atoms with E-state index in [1.165, 1.54) is 0 Å². The molecule has 1 heterocycles. The van der Waals surface area contributed by atoms with Crippen LogP contribution in [0.5, 0.6) is 5.75 Å². The highest BCUT2D eigenvalue weighted by molar-refractivity contribution is 6.05. The Morgan fingerprint density at radius 1 is 0.875 bits per heavy atom. The summed E-state index contributed by atoms with van der Waals surface area (Å²) in [4.78, 5) is 12.2. The maximum atomic E-state index is 12.2. The van der Waals surface area contributed by atoms with E-state index in [0.29, 0.717) is 29.0 Å². The van der Waals surface area contributed by atoms with Crippen LogP contribution in [0.1, 0.15) is 5.56 Å². The average Bonchev–Trinajstić information content (AvgIpc) is 2.61. The highest BCUT2D eigenvalue weighted by Gasteiger charge is 2.09. The van der Waals surface area contributed by atoms with Crippen LogP contribution in [-0.4, -0.2) is 0 Å². The molecule has 0 bridgehead atoms. The minimum Gasteiger partial charge on any atom is -0.489 e. The molecule has 4 heteroatoms. The Balaban J connectivity index is 1.74. The molecule has 4 nitrogen and oxygen atoms in total. The molecule has 0 aliphatic carbocycles. The van der Waals surface area contributed by atoms with Crippen LogP contribution >= 0.6 is 0 Å². The van der Waals surface area contributed by atoms with E-state index in [0.717, 1.165) is 16.3 Å². The molecule has 0 aliphatic rings. The number of benzene rings is 3. The van der Waals surface area contributed by atoms with Crippen molar-refractivity contribution in [3.05, 3.63) is 82.7 Å². The van der Waals surface area contributed by atoms with E-state index < -0.39 is 5.63 Å². The lowest BCUT2D eigenvalue weighted by atomic mass is 10.1. The Bertz CT molecular complexity index is 1080. The molecule has 1 aromatic heterocycles. The first kappa shape index (κ1) is 14.3. The molecule has 0 saturated carbocycles. The van der Waals surface area contributed by atoms with Crippen LogP contribution in [0.15, 0.2) is 75.9 Å². The van der Waals surface area contributed by atoms with Crippen LogP contribution in [0.25, 0.3) is 21.7 Å². The van der Waals surface area contributed by atoms with Gasteiger partial charge in [0.2, 0.25) is 0 Å². The molecule has 0 radical (unpaired) electrons. The molecular formula is C20H15NO3. The summed E-state index contributed by atoms with van der Waals surface area (Å²) < 4.78 is 11.2. The Kier molecular flexibility index (Phi) is 3.43. The zero-order valence-corrected chi connectivity index (χ0v) is 12.9. The smallest absolute Gasteiger partial charge is 0.344 e. The lowest BCUT2D eigenvalue weighted by Gasteiger charge is -2.08. The van der Waals surface area contributed by atoms with Crippen LogP contribution in [0.4, 0.5) is 5.69 Å². The van der Waals surface area contributed by atoms with Crippen molar-refractivity contribution in [1.82, 2.24) is 0 Å². The number of ether oxygens (including phenoxy) is 1. The van der Waals surface area contributed by atoms with Crippen molar-refractivity contribution in [3.63, 3.8) is 0 Å². The molecule has 0 amide bonds. The van der Waals surface area contributed by atoms with Gasteiger partial charge in [-0.05, 0) is 29.8 Å². The second-order valence-electron chi connectivity index (χ2n) is 5.63. The van der Waals surface area contributed by atoms with Gasteiger partial charge in [0.05, 0.1) is 5.39 Å². The predicted molar refractivity (Wildman–Crippen MR) is 95.2 cm³/mol. The van der Waals surface area contributed by atoms with Gasteiger partial charge in [0.1, 0.15) is 17.9 Å². The summed E-state index contributed by atoms with van der Waals surface area (Å²) in [7, 11) is 0. The number of rotatable bonds is 3. The van der Waals surface area contributed by atoms with Crippen molar-refractivity contribution >= 4 is 27.4 Å². The number of hydrogen-bond donors (Lipinski definition) is 1. The van der Waals surface area contributed by atoms with Crippen molar-refractivity contribution in [2.45, 2.75) is 6.61 Å². The number of hydrogen-bond acceptors (Lipinski definition) is 4. The molecule has 2 N–H and O–H groups in total. The quantitative estimate of drug-likeness (QED) is 0.351. The zero-order valence-electron chi connectivity index (χ0n) is 12.9. The summed E-state index contributed by atoms with van der Waals surface area (Å²) in [5.41, 5.74) is 7.48. The Morgan fingerprint density at radius 3 is 2.50 bits per heavy atom. The summed E-state index contributed by atoms with van der Waals surface area (Å²) in [5.74, 6) is 0.657. The number of nitrogen functional groups attached to an aromatic ring is 1. The van der Waals surface area contributed by atoms with E-state index >= 15 is 0 Å². The van der Waals surface area contributed by atoms with Gasteiger partial charge in [-0.1, -0.05) is 36.4 Å². The monoisotopic (exact) mass is 317 g/mol. The molecule has 0 atom stereocenters. The van der Waals surface area contributed by atoms with Crippen LogP contribution in [0.3, 0.4) is 0 Å². The van der Waals surface area contributed by atoms with E-state index in [9.17, 15) is 4.79 Å². The van der Waals surface area contributed by atoms with Crippen LogP contribution < -0.4 is 16.1 Å². The minimum atomic E-state index is -0.398. The summed E-state index contributed by atoms with van der Waals surface area (Å²) in [6.45, 7) is 0.459. The summed E-state index contributed by atoms with van der Waals surface area (Å²) in [6, 6.07) is 20.7. The van der Waals surface area contributed by atoms with Crippen molar-refractivity contribution in [3.8, 4) is 5.75 Å². The largest absolute Gasteiger partial charge is 0.489 e. The molecule has 0 saturated heterocycles. The fourth-order valence-electron chi connectivity index (χ4n) is 2.76. The van der Waals surface area contributed by atoms with Gasteiger partial charge in [0.15, 0.2) is 0 Å². The van der Waals surface area contributed by atoms with Gasteiger partial charge in [-0.3, -0.25) is 0 Å². The summed E-state index contributed by atoms with van der Waals surface area (Å²) in [5, 5.41) is 2.17. The summed E-state index contributed by atoms with van der Waals surface area (Å²) in [6.07, 6.45) is 0. The molecule has 0 aliphatic heterocycles. The highest BCUT2D eigenvalue weighted by atomic mass is 16.5. The fourth-order valence-corrected chi connectivity index (χ4v) is 2.76. The lowest BCUT2D eigenvalue weighted by Crippen LogP contribution is -2.01. The third-order valence-electron chi connectivity index (χ3n) is 3.96. The molecule has 0 fully saturated rings. The van der Waals surface area contributed by atoms with E-state index in [4.69, 9.17) is 14.9 Å². The second kappa shape index (κ2) is 5.74. The first-order chi connectivity index (χ1) is 11.7. The van der Waals surface area contributed by atoms with Crippen LogP contribution in [0, 0.1) is 0 Å². The second-order valence-corrected chi connectivity index (χ2v) is 5.63. The van der Waals surface area contributed by atoms with Crippen molar-refractivity contribution < 1.29 is 9.15 Å². The Labute approximate surface area is 138 Å². The molecule has 4 rings (SSSR count). The first-order valence-corrected chi connectivity index (χ1v) is 7.63. The Hall–Kier alpha value is -3.27. The molecule has 118 valence electrons. The predicted octanol–water partition coefficient (Wildman–Crippen LogP) is 4.11. The summed E-state index contributed by atoms with van der Waals surface area (Å²) >= 11 is 0. The fraction of sp³-hybridized carbons (Fsp3) is 0.0500. The van der Waals surface area contributed by atoms with Gasteiger partial charge < -0.3 is 14.9 Å². The van der Waals surface area contributed by atoms with E-state index in [-0.39, 0.29) is 0 Å². The van der Waals surface area contributed by atoms with Crippen molar-refractivity contribution in [1.29, 1.82) is 0 Å². The zero-order chi connectivity index (χ0) is 16.5. The molecular weight excluding hydrogens is 302 g/mol. The van der Waals surface area contributed by atoms with Crippen molar-refractivity contribution in [2.24, 2.45) is 0 Å². The number of anilines is 1. The highest BCUT2D eigenvalue weighted by Crippen LogP contribution is 2.27. The minimum absolute atomic E-state index is 0.398. The van der Waals surface area contributed by atoms with E-state index in [2.05, 4.69) is 0 Å². The van der Waals surface area contributed by atoms with Gasteiger partial charge in [-0.15, -0.1) is 0 Å². The van der Waals surface area contributed by atoms with E-state index in [1.54, 1.807) is 18.2 Å². The number of nitrogens with two attached hydrogens (primary N) is 1. The van der Waals surface area contributed by atoms with Gasteiger partial charge >= 0.3 is 5.63 Å². The first-order valence-electron chi connectivity index (χ1n) is 7.63. The molecule has 0 unspecified atom stereocenters. The van der Waals surface area contributed by atoms with Gasteiger partial charge in [0.25, 0.3) is 0 Å². The van der Waals surface area contributed by atoms with Gasteiger partial charge in [-0.25, -0.2) is 4.79 Å². The van der Waals surface area contributed by atoms with Crippen LogP contribution in [-0.2, 0) is 6.61 Å². The third-order valence-corrected chi connectivity index (χ3v) is 3.96.